The Balaban J connectivity index is 2.53. The topological polar surface area (TPSA) is 56.2 Å². The summed E-state index contributed by atoms with van der Waals surface area (Å²) in [5, 5.41) is 6.31. The molecule has 5 heteroatoms. The fourth-order valence-corrected chi connectivity index (χ4v) is 2.04. The van der Waals surface area contributed by atoms with Gasteiger partial charge in [-0.15, -0.1) is 11.3 Å². The molecule has 0 saturated heterocycles. The first-order chi connectivity index (χ1) is 5.81. The Bertz CT molecular complexity index is 389. The second-order valence-electron chi connectivity index (χ2n) is 2.62. The van der Waals surface area contributed by atoms with Gasteiger partial charge in [0, 0.05) is 11.8 Å². The molecule has 0 aliphatic carbocycles. The van der Waals surface area contributed by atoms with Crippen molar-refractivity contribution in [3.05, 3.63) is 16.9 Å². The molecule has 2 heterocycles. The summed E-state index contributed by atoms with van der Waals surface area (Å²) in [4.78, 5) is 5.20. The van der Waals surface area contributed by atoms with E-state index in [0.29, 0.717) is 6.54 Å². The number of hydrogen-bond acceptors (Lipinski definition) is 4. The summed E-state index contributed by atoms with van der Waals surface area (Å²) in [6.07, 6.45) is 0.864. The van der Waals surface area contributed by atoms with Crippen LogP contribution in [0.1, 0.15) is 11.5 Å². The van der Waals surface area contributed by atoms with E-state index >= 15 is 0 Å². The summed E-state index contributed by atoms with van der Waals surface area (Å²) >= 11 is 1.61. The van der Waals surface area contributed by atoms with Crippen molar-refractivity contribution in [1.29, 1.82) is 0 Å². The van der Waals surface area contributed by atoms with Crippen LogP contribution in [0.2, 0.25) is 0 Å². The van der Waals surface area contributed by atoms with E-state index in [1.54, 1.807) is 11.3 Å². The third kappa shape index (κ3) is 1.11. The normalized spacial score (nSPS) is 11.2. The molecule has 0 spiro atoms. The quantitative estimate of drug-likeness (QED) is 0.740. The van der Waals surface area contributed by atoms with Crippen LogP contribution in [0, 0.1) is 6.92 Å². The minimum Gasteiger partial charge on any atom is -0.330 e. The molecule has 4 nitrogen and oxygen atoms in total. The average molecular weight is 182 g/mol. The molecule has 2 rings (SSSR count). The first-order valence-electron chi connectivity index (χ1n) is 3.81. The SMILES string of the molecule is Cc1nc2scc(CCN)n2n1. The van der Waals surface area contributed by atoms with Crippen molar-refractivity contribution >= 4 is 16.3 Å². The van der Waals surface area contributed by atoms with Crippen molar-refractivity contribution in [2.45, 2.75) is 13.3 Å². The van der Waals surface area contributed by atoms with E-state index in [9.17, 15) is 0 Å². The van der Waals surface area contributed by atoms with Gasteiger partial charge in [-0.25, -0.2) is 9.50 Å². The van der Waals surface area contributed by atoms with Gasteiger partial charge >= 0.3 is 0 Å². The summed E-state index contributed by atoms with van der Waals surface area (Å²) in [6, 6.07) is 0. The lowest BCUT2D eigenvalue weighted by atomic mass is 10.3. The molecule has 0 fully saturated rings. The lowest BCUT2D eigenvalue weighted by Crippen LogP contribution is -2.05. The Morgan fingerprint density at radius 2 is 2.50 bits per heavy atom. The van der Waals surface area contributed by atoms with Gasteiger partial charge in [0.2, 0.25) is 4.96 Å². The maximum absolute atomic E-state index is 5.46. The molecule has 12 heavy (non-hydrogen) atoms. The van der Waals surface area contributed by atoms with E-state index in [4.69, 9.17) is 5.73 Å². The monoisotopic (exact) mass is 182 g/mol. The van der Waals surface area contributed by atoms with Crippen LogP contribution in [0.3, 0.4) is 0 Å². The Kier molecular flexibility index (Phi) is 1.82. The molecule has 0 atom stereocenters. The van der Waals surface area contributed by atoms with Crippen LogP contribution < -0.4 is 5.73 Å². The van der Waals surface area contributed by atoms with Crippen molar-refractivity contribution in [3.8, 4) is 0 Å². The second-order valence-corrected chi connectivity index (χ2v) is 3.46. The number of nitrogens with zero attached hydrogens (tertiary/aromatic N) is 3. The third-order valence-corrected chi connectivity index (χ3v) is 2.52. The van der Waals surface area contributed by atoms with Gasteiger partial charge in [0.15, 0.2) is 0 Å². The van der Waals surface area contributed by atoms with E-state index in [-0.39, 0.29) is 0 Å². The predicted octanol–water partition coefficient (Wildman–Crippen LogP) is 0.600. The molecular formula is C7H10N4S. The third-order valence-electron chi connectivity index (χ3n) is 1.66. The molecule has 0 radical (unpaired) electrons. The smallest absolute Gasteiger partial charge is 0.212 e. The zero-order valence-corrected chi connectivity index (χ0v) is 7.64. The van der Waals surface area contributed by atoms with Crippen molar-refractivity contribution < 1.29 is 0 Å². The minimum absolute atomic E-state index is 0.657. The fraction of sp³-hybridized carbons (Fsp3) is 0.429. The molecular weight excluding hydrogens is 172 g/mol. The standard InChI is InChI=1S/C7H10N4S/c1-5-9-7-11(10-5)6(2-3-8)4-12-7/h4H,2-3,8H2,1H3. The highest BCUT2D eigenvalue weighted by molar-refractivity contribution is 7.15. The molecule has 0 bridgehead atoms. The highest BCUT2D eigenvalue weighted by Gasteiger charge is 2.05. The fourth-order valence-electron chi connectivity index (χ4n) is 1.14. The second kappa shape index (κ2) is 2.84. The van der Waals surface area contributed by atoms with Crippen LogP contribution in [-0.2, 0) is 6.42 Å². The number of rotatable bonds is 2. The van der Waals surface area contributed by atoms with Crippen LogP contribution >= 0.6 is 11.3 Å². The molecule has 64 valence electrons. The number of nitrogens with two attached hydrogens (primary N) is 1. The lowest BCUT2D eigenvalue weighted by molar-refractivity contribution is 0.831. The van der Waals surface area contributed by atoms with Crippen molar-refractivity contribution in [3.63, 3.8) is 0 Å². The molecule has 2 aromatic heterocycles. The summed E-state index contributed by atoms with van der Waals surface area (Å²) < 4.78 is 1.87. The van der Waals surface area contributed by atoms with Crippen molar-refractivity contribution in [1.82, 2.24) is 14.6 Å². The van der Waals surface area contributed by atoms with Crippen LogP contribution in [0.4, 0.5) is 0 Å². The van der Waals surface area contributed by atoms with Crippen molar-refractivity contribution in [2.75, 3.05) is 6.54 Å². The zero-order chi connectivity index (χ0) is 8.55. The van der Waals surface area contributed by atoms with Gasteiger partial charge < -0.3 is 5.73 Å². The lowest BCUT2D eigenvalue weighted by Gasteiger charge is -1.91. The number of fused-ring (bicyclic) bond motifs is 1. The first kappa shape index (κ1) is 7.70. The van der Waals surface area contributed by atoms with Gasteiger partial charge in [-0.3, -0.25) is 0 Å². The maximum atomic E-state index is 5.46. The number of aryl methyl sites for hydroxylation is 1. The summed E-state index contributed by atoms with van der Waals surface area (Å²) in [7, 11) is 0. The van der Waals surface area contributed by atoms with E-state index < -0.39 is 0 Å². The minimum atomic E-state index is 0.657. The number of hydrogen-bond donors (Lipinski definition) is 1. The Morgan fingerprint density at radius 1 is 1.67 bits per heavy atom. The van der Waals surface area contributed by atoms with Gasteiger partial charge in [0.25, 0.3) is 0 Å². The van der Waals surface area contributed by atoms with Gasteiger partial charge in [-0.05, 0) is 13.5 Å². The highest BCUT2D eigenvalue weighted by Crippen LogP contribution is 2.13. The molecule has 2 aromatic rings. The van der Waals surface area contributed by atoms with E-state index in [2.05, 4.69) is 15.5 Å². The van der Waals surface area contributed by atoms with Gasteiger partial charge in [-0.1, -0.05) is 0 Å². The maximum Gasteiger partial charge on any atom is 0.212 e. The predicted molar refractivity (Wildman–Crippen MR) is 48.4 cm³/mol. The summed E-state index contributed by atoms with van der Waals surface area (Å²) in [6.45, 7) is 2.55. The Morgan fingerprint density at radius 3 is 3.25 bits per heavy atom. The molecule has 2 N–H and O–H groups in total. The van der Waals surface area contributed by atoms with Crippen LogP contribution in [-0.4, -0.2) is 21.1 Å². The van der Waals surface area contributed by atoms with Gasteiger partial charge in [-0.2, -0.15) is 5.10 Å². The Labute approximate surface area is 74.0 Å². The van der Waals surface area contributed by atoms with E-state index in [1.165, 1.54) is 0 Å². The summed E-state index contributed by atoms with van der Waals surface area (Å²) in [5.74, 6) is 0.820. The molecule has 0 amide bonds. The number of thiazole rings is 1. The molecule has 0 aliphatic rings. The van der Waals surface area contributed by atoms with Crippen LogP contribution in [0.15, 0.2) is 5.38 Å². The molecule has 0 aliphatic heterocycles. The molecule has 0 saturated carbocycles. The molecule has 0 unspecified atom stereocenters. The largest absolute Gasteiger partial charge is 0.330 e. The average Bonchev–Trinajstić information content (AvgIpc) is 2.52. The van der Waals surface area contributed by atoms with Gasteiger partial charge in [0.05, 0.1) is 5.69 Å². The summed E-state index contributed by atoms with van der Waals surface area (Å²) in [5.41, 5.74) is 6.61. The molecule has 0 aromatic carbocycles. The van der Waals surface area contributed by atoms with Gasteiger partial charge in [0.1, 0.15) is 5.82 Å². The van der Waals surface area contributed by atoms with E-state index in [1.807, 2.05) is 11.4 Å². The highest BCUT2D eigenvalue weighted by atomic mass is 32.1. The van der Waals surface area contributed by atoms with Crippen LogP contribution in [0.5, 0.6) is 0 Å². The first-order valence-corrected chi connectivity index (χ1v) is 4.69. The zero-order valence-electron chi connectivity index (χ0n) is 6.82. The number of aromatic nitrogens is 3. The van der Waals surface area contributed by atoms with E-state index in [0.717, 1.165) is 22.9 Å². The van der Waals surface area contributed by atoms with Crippen LogP contribution in [0.25, 0.3) is 4.96 Å². The Hall–Kier alpha value is -0.940. The van der Waals surface area contributed by atoms with Crippen molar-refractivity contribution in [2.24, 2.45) is 5.73 Å².